The Morgan fingerprint density at radius 1 is 1.03 bits per heavy atom. The predicted molar refractivity (Wildman–Crippen MR) is 148 cm³/mol. The van der Waals surface area contributed by atoms with Crippen LogP contribution in [0.15, 0.2) is 59.4 Å². The highest BCUT2D eigenvalue weighted by atomic mass is 16.5. The molecule has 2 aromatic carbocycles. The van der Waals surface area contributed by atoms with Gasteiger partial charge in [-0.25, -0.2) is 4.98 Å². The van der Waals surface area contributed by atoms with Crippen LogP contribution in [0.4, 0.5) is 5.95 Å². The summed E-state index contributed by atoms with van der Waals surface area (Å²) in [7, 11) is 0. The number of amides is 1. The third-order valence-electron chi connectivity index (χ3n) is 8.62. The zero-order chi connectivity index (χ0) is 26.3. The van der Waals surface area contributed by atoms with Gasteiger partial charge in [0.05, 0.1) is 16.9 Å². The Morgan fingerprint density at radius 3 is 2.53 bits per heavy atom. The maximum absolute atomic E-state index is 14.7. The molecule has 1 amide bonds. The summed E-state index contributed by atoms with van der Waals surface area (Å²) in [6.45, 7) is 4.71. The molecule has 1 aliphatic heterocycles. The van der Waals surface area contributed by atoms with Gasteiger partial charge in [-0.05, 0) is 63.6 Å². The lowest BCUT2D eigenvalue weighted by Crippen LogP contribution is -2.46. The number of benzene rings is 2. The van der Waals surface area contributed by atoms with Crippen molar-refractivity contribution in [2.24, 2.45) is 0 Å². The standard InChI is InChI=1S/C31H36N4O3/c1-30(2)20-23(15-18-38-30)35-28(37)25-26(32-29(35)34-33-27(36)21-11-5-3-6-12-21)24-14-8-7-13-22(24)19-31(25)16-9-4-10-17-31/h3,5-8,11-14,23H,4,9-10,15-20H2,1-2H3,(H,32,34)(H,33,36)/t23-/m1/s1. The smallest absolute Gasteiger partial charge is 0.269 e. The molecule has 7 heteroatoms. The minimum atomic E-state index is -0.349. The molecule has 3 aliphatic rings. The average Bonchev–Trinajstić information content (AvgIpc) is 2.92. The van der Waals surface area contributed by atoms with E-state index in [2.05, 4.69) is 42.9 Å². The Morgan fingerprint density at radius 2 is 1.76 bits per heavy atom. The second-order valence-corrected chi connectivity index (χ2v) is 11.7. The maximum atomic E-state index is 14.7. The summed E-state index contributed by atoms with van der Waals surface area (Å²) < 4.78 is 7.81. The first-order valence-corrected chi connectivity index (χ1v) is 13.9. The lowest BCUT2D eigenvalue weighted by atomic mass is 9.62. The number of anilines is 1. The first-order chi connectivity index (χ1) is 18.4. The zero-order valence-corrected chi connectivity index (χ0v) is 22.3. The van der Waals surface area contributed by atoms with Crippen LogP contribution in [0.25, 0.3) is 11.3 Å². The van der Waals surface area contributed by atoms with Crippen LogP contribution in [-0.2, 0) is 16.6 Å². The Labute approximate surface area is 223 Å². The van der Waals surface area contributed by atoms with E-state index in [0.29, 0.717) is 31.0 Å². The van der Waals surface area contributed by atoms with Crippen LogP contribution in [0.2, 0.25) is 0 Å². The molecule has 2 aliphatic carbocycles. The summed E-state index contributed by atoms with van der Waals surface area (Å²) in [5.74, 6) is 0.101. The Balaban J connectivity index is 1.50. The highest BCUT2D eigenvalue weighted by Crippen LogP contribution is 2.49. The van der Waals surface area contributed by atoms with Gasteiger partial charge in [0, 0.05) is 29.2 Å². The molecule has 7 nitrogen and oxygen atoms in total. The summed E-state index contributed by atoms with van der Waals surface area (Å²) >= 11 is 0. The van der Waals surface area contributed by atoms with Crippen LogP contribution in [0, 0.1) is 0 Å². The Hall–Kier alpha value is -3.45. The third-order valence-corrected chi connectivity index (χ3v) is 8.62. The van der Waals surface area contributed by atoms with E-state index >= 15 is 0 Å². The van der Waals surface area contributed by atoms with Gasteiger partial charge in [-0.1, -0.05) is 61.7 Å². The van der Waals surface area contributed by atoms with Gasteiger partial charge in [0.15, 0.2) is 0 Å². The lowest BCUT2D eigenvalue weighted by molar-refractivity contribution is -0.0694. The van der Waals surface area contributed by atoms with E-state index in [9.17, 15) is 9.59 Å². The summed E-state index contributed by atoms with van der Waals surface area (Å²) in [5.41, 5.74) is 9.76. The monoisotopic (exact) mass is 512 g/mol. The number of ether oxygens (including phenoxy) is 1. The average molecular weight is 513 g/mol. The number of fused-ring (bicyclic) bond motifs is 4. The van der Waals surface area contributed by atoms with Crippen LogP contribution in [0.5, 0.6) is 0 Å². The summed E-state index contributed by atoms with van der Waals surface area (Å²) in [4.78, 5) is 32.7. The van der Waals surface area contributed by atoms with Crippen molar-refractivity contribution >= 4 is 11.9 Å². The molecule has 1 aromatic heterocycles. The van der Waals surface area contributed by atoms with Gasteiger partial charge in [-0.3, -0.25) is 25.0 Å². The Bertz CT molecular complexity index is 1410. The van der Waals surface area contributed by atoms with Gasteiger partial charge in [0.1, 0.15) is 0 Å². The minimum absolute atomic E-state index is 0.0190. The van der Waals surface area contributed by atoms with Crippen molar-refractivity contribution in [3.63, 3.8) is 0 Å². The zero-order valence-electron chi connectivity index (χ0n) is 22.3. The molecule has 0 bridgehead atoms. The van der Waals surface area contributed by atoms with Crippen LogP contribution in [-0.4, -0.2) is 27.7 Å². The third kappa shape index (κ3) is 4.43. The predicted octanol–water partition coefficient (Wildman–Crippen LogP) is 5.56. The van der Waals surface area contributed by atoms with Gasteiger partial charge >= 0.3 is 0 Å². The van der Waals surface area contributed by atoms with Crippen molar-refractivity contribution in [2.75, 3.05) is 12.0 Å². The molecule has 198 valence electrons. The van der Waals surface area contributed by atoms with E-state index in [0.717, 1.165) is 48.9 Å². The number of hydrazine groups is 1. The van der Waals surface area contributed by atoms with Gasteiger partial charge in [0.2, 0.25) is 5.95 Å². The summed E-state index contributed by atoms with van der Waals surface area (Å²) in [6.07, 6.45) is 7.75. The lowest BCUT2D eigenvalue weighted by Gasteiger charge is -2.43. The molecule has 6 rings (SSSR count). The number of hydrogen-bond acceptors (Lipinski definition) is 5. The van der Waals surface area contributed by atoms with E-state index in [1.54, 1.807) is 12.1 Å². The number of rotatable bonds is 4. The van der Waals surface area contributed by atoms with Crippen molar-refractivity contribution in [3.05, 3.63) is 81.6 Å². The number of carbonyl (C=O) groups excluding carboxylic acids is 1. The quantitative estimate of drug-likeness (QED) is 0.448. The molecule has 1 saturated heterocycles. The SMILES string of the molecule is CC1(C)C[C@H](n2c(NNC(=O)c3ccccc3)nc3c(c2=O)C2(CCCCC2)Cc2ccccc2-3)CCO1. The van der Waals surface area contributed by atoms with E-state index in [-0.39, 0.29) is 28.5 Å². The first kappa shape index (κ1) is 24.9. The molecular formula is C31H36N4O3. The molecule has 1 saturated carbocycles. The molecule has 0 unspecified atom stereocenters. The van der Waals surface area contributed by atoms with Crippen LogP contribution in [0.3, 0.4) is 0 Å². The van der Waals surface area contributed by atoms with E-state index < -0.39 is 0 Å². The van der Waals surface area contributed by atoms with Crippen LogP contribution >= 0.6 is 0 Å². The number of carbonyl (C=O) groups is 1. The van der Waals surface area contributed by atoms with E-state index in [4.69, 9.17) is 9.72 Å². The molecule has 1 spiro atoms. The fraction of sp³-hybridized carbons (Fsp3) is 0.452. The first-order valence-electron chi connectivity index (χ1n) is 13.9. The fourth-order valence-corrected chi connectivity index (χ4v) is 6.84. The molecule has 38 heavy (non-hydrogen) atoms. The molecule has 2 heterocycles. The Kier molecular flexibility index (Phi) is 6.34. The number of nitrogens with zero attached hydrogens (tertiary/aromatic N) is 2. The topological polar surface area (TPSA) is 85.3 Å². The van der Waals surface area contributed by atoms with Crippen molar-refractivity contribution < 1.29 is 9.53 Å². The van der Waals surface area contributed by atoms with E-state index in [1.807, 2.05) is 28.8 Å². The normalized spacial score (nSPS) is 21.3. The molecule has 3 aromatic rings. The molecule has 2 N–H and O–H groups in total. The largest absolute Gasteiger partial charge is 0.375 e. The van der Waals surface area contributed by atoms with Crippen molar-refractivity contribution in [3.8, 4) is 11.3 Å². The van der Waals surface area contributed by atoms with Crippen molar-refractivity contribution in [2.45, 2.75) is 82.3 Å². The second-order valence-electron chi connectivity index (χ2n) is 11.7. The molecule has 0 radical (unpaired) electrons. The van der Waals surface area contributed by atoms with Crippen molar-refractivity contribution in [1.29, 1.82) is 0 Å². The number of hydrogen-bond donors (Lipinski definition) is 2. The van der Waals surface area contributed by atoms with Crippen LogP contribution in [0.1, 0.15) is 86.3 Å². The molecule has 1 atom stereocenters. The molecular weight excluding hydrogens is 476 g/mol. The second kappa shape index (κ2) is 9.70. The van der Waals surface area contributed by atoms with Crippen LogP contribution < -0.4 is 16.4 Å². The highest BCUT2D eigenvalue weighted by Gasteiger charge is 2.44. The maximum Gasteiger partial charge on any atom is 0.269 e. The minimum Gasteiger partial charge on any atom is -0.375 e. The number of nitrogens with one attached hydrogen (secondary N) is 2. The van der Waals surface area contributed by atoms with Gasteiger partial charge in [-0.2, -0.15) is 0 Å². The van der Waals surface area contributed by atoms with Gasteiger partial charge < -0.3 is 4.74 Å². The summed E-state index contributed by atoms with van der Waals surface area (Å²) in [6, 6.07) is 17.3. The van der Waals surface area contributed by atoms with Crippen molar-refractivity contribution in [1.82, 2.24) is 15.0 Å². The van der Waals surface area contributed by atoms with Gasteiger partial charge in [0.25, 0.3) is 11.5 Å². The fourth-order valence-electron chi connectivity index (χ4n) is 6.84. The molecule has 2 fully saturated rings. The van der Waals surface area contributed by atoms with E-state index in [1.165, 1.54) is 12.0 Å². The number of aromatic nitrogens is 2. The van der Waals surface area contributed by atoms with Gasteiger partial charge in [-0.15, -0.1) is 0 Å². The summed E-state index contributed by atoms with van der Waals surface area (Å²) in [5, 5.41) is 0. The highest BCUT2D eigenvalue weighted by molar-refractivity contribution is 5.94.